The standard InChI is InChI=1S/C6H5I.C5H10O/c7-6-4-2-1-3-5-6;1-3-5(6)4-2/h1-5H;3-4H2,1-2H3. The Morgan fingerprint density at radius 2 is 1.62 bits per heavy atom. The van der Waals surface area contributed by atoms with Crippen LogP contribution in [0, 0.1) is 3.57 Å². The zero-order valence-corrected chi connectivity index (χ0v) is 10.2. The van der Waals surface area contributed by atoms with E-state index in [2.05, 4.69) is 34.7 Å². The molecule has 72 valence electrons. The van der Waals surface area contributed by atoms with Crippen LogP contribution in [0.15, 0.2) is 30.3 Å². The van der Waals surface area contributed by atoms with E-state index in [0.29, 0.717) is 18.6 Å². The predicted molar refractivity (Wildman–Crippen MR) is 64.7 cm³/mol. The molecule has 0 saturated carbocycles. The van der Waals surface area contributed by atoms with E-state index in [1.54, 1.807) is 0 Å². The van der Waals surface area contributed by atoms with Crippen LogP contribution in [0.4, 0.5) is 0 Å². The highest BCUT2D eigenvalue weighted by molar-refractivity contribution is 14.1. The van der Waals surface area contributed by atoms with Crippen molar-refractivity contribution in [2.45, 2.75) is 26.7 Å². The molecule has 1 rings (SSSR count). The molecule has 1 nitrogen and oxygen atoms in total. The topological polar surface area (TPSA) is 17.1 Å². The number of hydrogen-bond acceptors (Lipinski definition) is 1. The first-order chi connectivity index (χ1) is 6.20. The molecule has 2 heteroatoms. The summed E-state index contributed by atoms with van der Waals surface area (Å²) in [5, 5.41) is 0. The van der Waals surface area contributed by atoms with Crippen LogP contribution in [0.3, 0.4) is 0 Å². The Bertz CT molecular complexity index is 225. The fraction of sp³-hybridized carbons (Fsp3) is 0.364. The molecule has 0 aliphatic carbocycles. The number of halogens is 1. The Morgan fingerprint density at radius 3 is 1.77 bits per heavy atom. The maximum atomic E-state index is 10.2. The SMILES string of the molecule is CCC(=O)CC.Ic1ccccc1. The Hall–Kier alpha value is -0.380. The Kier molecular flexibility index (Phi) is 7.99. The monoisotopic (exact) mass is 290 g/mol. The molecule has 0 aliphatic heterocycles. The third-order valence-electron chi connectivity index (χ3n) is 1.52. The van der Waals surface area contributed by atoms with Gasteiger partial charge in [-0.05, 0) is 34.7 Å². The minimum atomic E-state index is 0.343. The van der Waals surface area contributed by atoms with Gasteiger partial charge in [-0.3, -0.25) is 4.79 Å². The molecule has 0 N–H and O–H groups in total. The molecular formula is C11H15IO. The molecule has 0 atom stereocenters. The molecule has 0 saturated heterocycles. The van der Waals surface area contributed by atoms with E-state index in [1.165, 1.54) is 3.57 Å². The van der Waals surface area contributed by atoms with E-state index in [1.807, 2.05) is 32.0 Å². The van der Waals surface area contributed by atoms with Crippen LogP contribution in [0.1, 0.15) is 26.7 Å². The van der Waals surface area contributed by atoms with Crippen LogP contribution in [0.5, 0.6) is 0 Å². The van der Waals surface area contributed by atoms with Crippen molar-refractivity contribution in [3.63, 3.8) is 0 Å². The number of carbonyl (C=O) groups is 1. The molecule has 0 unspecified atom stereocenters. The molecule has 0 aromatic heterocycles. The van der Waals surface area contributed by atoms with E-state index < -0.39 is 0 Å². The van der Waals surface area contributed by atoms with Crippen LogP contribution >= 0.6 is 22.6 Å². The smallest absolute Gasteiger partial charge is 0.132 e. The largest absolute Gasteiger partial charge is 0.300 e. The van der Waals surface area contributed by atoms with Gasteiger partial charge in [0.15, 0.2) is 0 Å². The lowest BCUT2D eigenvalue weighted by molar-refractivity contribution is -0.118. The summed E-state index contributed by atoms with van der Waals surface area (Å²) in [6, 6.07) is 10.2. The summed E-state index contributed by atoms with van der Waals surface area (Å²) in [5.41, 5.74) is 0. The van der Waals surface area contributed by atoms with Crippen molar-refractivity contribution in [1.29, 1.82) is 0 Å². The van der Waals surface area contributed by atoms with E-state index in [4.69, 9.17) is 0 Å². The minimum Gasteiger partial charge on any atom is -0.300 e. The maximum absolute atomic E-state index is 10.2. The number of carbonyl (C=O) groups excluding carboxylic acids is 1. The number of rotatable bonds is 2. The third-order valence-corrected chi connectivity index (χ3v) is 2.24. The van der Waals surface area contributed by atoms with Crippen molar-refractivity contribution >= 4 is 28.4 Å². The molecule has 0 heterocycles. The van der Waals surface area contributed by atoms with Gasteiger partial charge in [-0.2, -0.15) is 0 Å². The van der Waals surface area contributed by atoms with Crippen LogP contribution in [-0.4, -0.2) is 5.78 Å². The fourth-order valence-corrected chi connectivity index (χ4v) is 1.08. The normalized spacial score (nSPS) is 8.54. The van der Waals surface area contributed by atoms with Gasteiger partial charge in [0, 0.05) is 16.4 Å². The van der Waals surface area contributed by atoms with Gasteiger partial charge < -0.3 is 0 Å². The maximum Gasteiger partial charge on any atom is 0.132 e. The summed E-state index contributed by atoms with van der Waals surface area (Å²) in [7, 11) is 0. The second-order valence-corrected chi connectivity index (χ2v) is 3.79. The summed E-state index contributed by atoms with van der Waals surface area (Å²) < 4.78 is 1.29. The first kappa shape index (κ1) is 12.6. The molecule has 1 aromatic carbocycles. The van der Waals surface area contributed by atoms with Crippen LogP contribution in [-0.2, 0) is 4.79 Å². The van der Waals surface area contributed by atoms with Gasteiger partial charge in [-0.1, -0.05) is 32.0 Å². The van der Waals surface area contributed by atoms with Crippen molar-refractivity contribution in [2.75, 3.05) is 0 Å². The highest BCUT2D eigenvalue weighted by Gasteiger charge is 1.86. The molecule has 1 aromatic rings. The lowest BCUT2D eigenvalue weighted by Crippen LogP contribution is -1.88. The quantitative estimate of drug-likeness (QED) is 0.760. The van der Waals surface area contributed by atoms with E-state index in [0.717, 1.165) is 0 Å². The molecule has 0 aliphatic rings. The number of ketones is 1. The van der Waals surface area contributed by atoms with Gasteiger partial charge in [0.2, 0.25) is 0 Å². The molecule has 13 heavy (non-hydrogen) atoms. The Labute approximate surface area is 93.7 Å². The molecule has 0 amide bonds. The number of benzene rings is 1. The van der Waals surface area contributed by atoms with E-state index in [-0.39, 0.29) is 0 Å². The average Bonchev–Trinajstić information content (AvgIpc) is 2.19. The second-order valence-electron chi connectivity index (χ2n) is 2.54. The molecule has 0 fully saturated rings. The summed E-state index contributed by atoms with van der Waals surface area (Å²) in [4.78, 5) is 10.2. The summed E-state index contributed by atoms with van der Waals surface area (Å²) in [5.74, 6) is 0.343. The highest BCUT2D eigenvalue weighted by atomic mass is 127. The highest BCUT2D eigenvalue weighted by Crippen LogP contribution is 1.99. The molecule has 0 radical (unpaired) electrons. The zero-order valence-electron chi connectivity index (χ0n) is 8.09. The van der Waals surface area contributed by atoms with Crippen LogP contribution < -0.4 is 0 Å². The number of hydrogen-bond donors (Lipinski definition) is 0. The lowest BCUT2D eigenvalue weighted by atomic mass is 10.3. The lowest BCUT2D eigenvalue weighted by Gasteiger charge is -1.81. The Morgan fingerprint density at radius 1 is 1.15 bits per heavy atom. The average molecular weight is 290 g/mol. The molecule has 0 bridgehead atoms. The first-order valence-corrected chi connectivity index (χ1v) is 5.50. The molecule has 0 spiro atoms. The second kappa shape index (κ2) is 8.23. The van der Waals surface area contributed by atoms with Gasteiger partial charge in [-0.25, -0.2) is 0 Å². The van der Waals surface area contributed by atoms with Gasteiger partial charge in [0.25, 0.3) is 0 Å². The van der Waals surface area contributed by atoms with Crippen molar-refractivity contribution in [2.24, 2.45) is 0 Å². The van der Waals surface area contributed by atoms with Crippen LogP contribution in [0.25, 0.3) is 0 Å². The van der Waals surface area contributed by atoms with E-state index in [9.17, 15) is 4.79 Å². The summed E-state index contributed by atoms with van der Waals surface area (Å²) in [6.07, 6.45) is 1.38. The fourth-order valence-electron chi connectivity index (χ4n) is 0.665. The van der Waals surface area contributed by atoms with Crippen molar-refractivity contribution in [3.05, 3.63) is 33.9 Å². The molecular weight excluding hydrogens is 275 g/mol. The first-order valence-electron chi connectivity index (χ1n) is 4.43. The van der Waals surface area contributed by atoms with Crippen molar-refractivity contribution < 1.29 is 4.79 Å². The summed E-state index contributed by atoms with van der Waals surface area (Å²) in [6.45, 7) is 3.76. The van der Waals surface area contributed by atoms with E-state index >= 15 is 0 Å². The Balaban J connectivity index is 0.000000226. The zero-order chi connectivity index (χ0) is 10.1. The van der Waals surface area contributed by atoms with Gasteiger partial charge >= 0.3 is 0 Å². The summed E-state index contributed by atoms with van der Waals surface area (Å²) >= 11 is 2.28. The third kappa shape index (κ3) is 7.96. The van der Waals surface area contributed by atoms with Gasteiger partial charge in [0.1, 0.15) is 5.78 Å². The minimum absolute atomic E-state index is 0.343. The van der Waals surface area contributed by atoms with Crippen LogP contribution in [0.2, 0.25) is 0 Å². The number of Topliss-reactive ketones (excluding diaryl/α,β-unsaturated/α-hetero) is 1. The van der Waals surface area contributed by atoms with Crippen molar-refractivity contribution in [3.8, 4) is 0 Å². The predicted octanol–water partition coefficient (Wildman–Crippen LogP) is 3.67. The van der Waals surface area contributed by atoms with Gasteiger partial charge in [0.05, 0.1) is 0 Å². The van der Waals surface area contributed by atoms with Crippen molar-refractivity contribution in [1.82, 2.24) is 0 Å². The van der Waals surface area contributed by atoms with Gasteiger partial charge in [-0.15, -0.1) is 0 Å².